The van der Waals surface area contributed by atoms with Crippen molar-refractivity contribution < 1.29 is 23.7 Å². The van der Waals surface area contributed by atoms with Crippen molar-refractivity contribution in [3.05, 3.63) is 42.5 Å². The summed E-state index contributed by atoms with van der Waals surface area (Å²) in [5.74, 6) is 2.07. The van der Waals surface area contributed by atoms with Gasteiger partial charge in [0, 0.05) is 12.1 Å². The van der Waals surface area contributed by atoms with Gasteiger partial charge in [-0.15, -0.1) is 0 Å². The maximum atomic E-state index is 12.4. The second-order valence-electron chi connectivity index (χ2n) is 4.99. The zero-order valence-corrected chi connectivity index (χ0v) is 14.2. The van der Waals surface area contributed by atoms with Gasteiger partial charge in [-0.2, -0.15) is 0 Å². The Morgan fingerprint density at radius 3 is 2.25 bits per heavy atom. The van der Waals surface area contributed by atoms with Crippen LogP contribution in [0.2, 0.25) is 0 Å². The maximum absolute atomic E-state index is 12.4. The number of carbonyl (C=O) groups excluding carboxylic acids is 1. The van der Waals surface area contributed by atoms with Crippen LogP contribution in [0.1, 0.15) is 6.92 Å². The fourth-order valence-corrected chi connectivity index (χ4v) is 2.08. The maximum Gasteiger partial charge on any atom is 0.265 e. The topological polar surface area (TPSA) is 66.0 Å². The van der Waals surface area contributed by atoms with Gasteiger partial charge in [-0.05, 0) is 31.2 Å². The van der Waals surface area contributed by atoms with E-state index in [0.717, 1.165) is 0 Å². The number of benzene rings is 2. The summed E-state index contributed by atoms with van der Waals surface area (Å²) >= 11 is 0. The molecule has 6 heteroatoms. The first-order chi connectivity index (χ1) is 11.6. The smallest absolute Gasteiger partial charge is 0.265 e. The van der Waals surface area contributed by atoms with Gasteiger partial charge in [0.25, 0.3) is 5.91 Å². The van der Waals surface area contributed by atoms with Crippen LogP contribution in [0.15, 0.2) is 42.5 Å². The van der Waals surface area contributed by atoms with Crippen molar-refractivity contribution in [1.29, 1.82) is 0 Å². The number of rotatable bonds is 7. The van der Waals surface area contributed by atoms with Gasteiger partial charge in [0.15, 0.2) is 6.10 Å². The highest BCUT2D eigenvalue weighted by Crippen LogP contribution is 2.29. The molecule has 2 aromatic rings. The predicted octanol–water partition coefficient (Wildman–Crippen LogP) is 3.12. The first kappa shape index (κ1) is 17.5. The molecular formula is C18H21NO5. The quantitative estimate of drug-likeness (QED) is 0.844. The first-order valence-corrected chi connectivity index (χ1v) is 7.41. The third-order valence-electron chi connectivity index (χ3n) is 3.39. The van der Waals surface area contributed by atoms with E-state index in [1.165, 1.54) is 7.11 Å². The lowest BCUT2D eigenvalue weighted by atomic mass is 10.2. The molecule has 0 aliphatic carbocycles. The molecule has 2 aromatic carbocycles. The molecule has 6 nitrogen and oxygen atoms in total. The van der Waals surface area contributed by atoms with Crippen LogP contribution in [0, 0.1) is 0 Å². The zero-order chi connectivity index (χ0) is 17.5. The second-order valence-corrected chi connectivity index (χ2v) is 4.99. The van der Waals surface area contributed by atoms with Crippen molar-refractivity contribution in [1.82, 2.24) is 0 Å². The minimum Gasteiger partial charge on any atom is -0.497 e. The van der Waals surface area contributed by atoms with Gasteiger partial charge in [-0.1, -0.05) is 6.07 Å². The predicted molar refractivity (Wildman–Crippen MR) is 91.3 cm³/mol. The van der Waals surface area contributed by atoms with Crippen LogP contribution in [0.5, 0.6) is 23.0 Å². The lowest BCUT2D eigenvalue weighted by Gasteiger charge is -2.17. The van der Waals surface area contributed by atoms with Crippen LogP contribution in [-0.2, 0) is 4.79 Å². The van der Waals surface area contributed by atoms with E-state index >= 15 is 0 Å². The average Bonchev–Trinajstić information content (AvgIpc) is 2.61. The third kappa shape index (κ3) is 4.32. The molecule has 0 aromatic heterocycles. The van der Waals surface area contributed by atoms with Crippen LogP contribution in [0.4, 0.5) is 5.69 Å². The van der Waals surface area contributed by atoms with Gasteiger partial charge in [0.05, 0.1) is 27.0 Å². The van der Waals surface area contributed by atoms with E-state index < -0.39 is 6.10 Å². The lowest BCUT2D eigenvalue weighted by molar-refractivity contribution is -0.122. The van der Waals surface area contributed by atoms with E-state index in [-0.39, 0.29) is 5.91 Å². The number of nitrogens with one attached hydrogen (secondary N) is 1. The Kier molecular flexibility index (Phi) is 5.89. The van der Waals surface area contributed by atoms with Crippen LogP contribution < -0.4 is 24.3 Å². The Hall–Kier alpha value is -2.89. The summed E-state index contributed by atoms with van der Waals surface area (Å²) in [5, 5.41) is 2.78. The van der Waals surface area contributed by atoms with E-state index in [0.29, 0.717) is 28.7 Å². The molecule has 128 valence electrons. The van der Waals surface area contributed by atoms with Crippen LogP contribution in [0.3, 0.4) is 0 Å². The van der Waals surface area contributed by atoms with E-state index in [2.05, 4.69) is 5.32 Å². The summed E-state index contributed by atoms with van der Waals surface area (Å²) in [4.78, 5) is 12.4. The monoisotopic (exact) mass is 331 g/mol. The molecule has 2 rings (SSSR count). The zero-order valence-electron chi connectivity index (χ0n) is 14.2. The number of ether oxygens (including phenoxy) is 4. The van der Waals surface area contributed by atoms with Gasteiger partial charge in [-0.3, -0.25) is 4.79 Å². The molecule has 1 amide bonds. The van der Waals surface area contributed by atoms with Crippen molar-refractivity contribution in [3.63, 3.8) is 0 Å². The Labute approximate surface area is 141 Å². The molecule has 0 aliphatic rings. The van der Waals surface area contributed by atoms with Gasteiger partial charge in [0.2, 0.25) is 0 Å². The molecule has 0 bridgehead atoms. The Balaban J connectivity index is 2.08. The van der Waals surface area contributed by atoms with Gasteiger partial charge in [-0.25, -0.2) is 0 Å². The average molecular weight is 331 g/mol. The fraction of sp³-hybridized carbons (Fsp3) is 0.278. The molecule has 0 radical (unpaired) electrons. The van der Waals surface area contributed by atoms with E-state index in [1.807, 2.05) is 0 Å². The van der Waals surface area contributed by atoms with Crippen LogP contribution >= 0.6 is 0 Å². The summed E-state index contributed by atoms with van der Waals surface area (Å²) < 4.78 is 21.2. The number of anilines is 1. The largest absolute Gasteiger partial charge is 0.497 e. The molecule has 0 fully saturated rings. The van der Waals surface area contributed by atoms with Crippen molar-refractivity contribution >= 4 is 11.6 Å². The molecule has 0 spiro atoms. The normalized spacial score (nSPS) is 11.3. The summed E-state index contributed by atoms with van der Waals surface area (Å²) in [7, 11) is 4.67. The highest BCUT2D eigenvalue weighted by molar-refractivity contribution is 5.95. The summed E-state index contributed by atoms with van der Waals surface area (Å²) in [6, 6.07) is 12.2. The molecule has 1 unspecified atom stereocenters. The van der Waals surface area contributed by atoms with E-state index in [1.54, 1.807) is 63.6 Å². The number of amides is 1. The van der Waals surface area contributed by atoms with Gasteiger partial charge in [0.1, 0.15) is 23.0 Å². The van der Waals surface area contributed by atoms with Crippen LogP contribution in [0.25, 0.3) is 0 Å². The highest BCUT2D eigenvalue weighted by Gasteiger charge is 2.17. The lowest BCUT2D eigenvalue weighted by Crippen LogP contribution is -2.30. The minimum atomic E-state index is -0.701. The second kappa shape index (κ2) is 8.10. The first-order valence-electron chi connectivity index (χ1n) is 7.41. The minimum absolute atomic E-state index is 0.302. The molecule has 1 N–H and O–H groups in total. The van der Waals surface area contributed by atoms with Crippen molar-refractivity contribution in [2.24, 2.45) is 0 Å². The Bertz CT molecular complexity index is 702. The van der Waals surface area contributed by atoms with Gasteiger partial charge < -0.3 is 24.3 Å². The Morgan fingerprint density at radius 1 is 0.917 bits per heavy atom. The third-order valence-corrected chi connectivity index (χ3v) is 3.39. The van der Waals surface area contributed by atoms with Gasteiger partial charge >= 0.3 is 0 Å². The number of carbonyl (C=O) groups is 1. The molecule has 0 saturated heterocycles. The molecule has 0 saturated carbocycles. The molecule has 24 heavy (non-hydrogen) atoms. The standard InChI is InChI=1S/C18H21NO5/c1-12(24-15-7-5-6-13(10-15)21-2)18(20)19-16-11-14(22-3)8-9-17(16)23-4/h5-12H,1-4H3,(H,19,20). The van der Waals surface area contributed by atoms with Crippen LogP contribution in [-0.4, -0.2) is 33.3 Å². The van der Waals surface area contributed by atoms with Crippen molar-refractivity contribution in [3.8, 4) is 23.0 Å². The molecule has 0 aliphatic heterocycles. The summed E-state index contributed by atoms with van der Waals surface area (Å²) in [6.45, 7) is 1.67. The SMILES string of the molecule is COc1cccc(OC(C)C(=O)Nc2cc(OC)ccc2OC)c1. The highest BCUT2D eigenvalue weighted by atomic mass is 16.5. The van der Waals surface area contributed by atoms with Crippen molar-refractivity contribution in [2.45, 2.75) is 13.0 Å². The fourth-order valence-electron chi connectivity index (χ4n) is 2.08. The van der Waals surface area contributed by atoms with E-state index in [4.69, 9.17) is 18.9 Å². The number of hydrogen-bond donors (Lipinski definition) is 1. The number of methoxy groups -OCH3 is 3. The molecule has 0 heterocycles. The summed E-state index contributed by atoms with van der Waals surface area (Å²) in [6.07, 6.45) is -0.701. The Morgan fingerprint density at radius 2 is 1.58 bits per heavy atom. The number of hydrogen-bond acceptors (Lipinski definition) is 5. The van der Waals surface area contributed by atoms with Crippen molar-refractivity contribution in [2.75, 3.05) is 26.6 Å². The molecule has 1 atom stereocenters. The molecular weight excluding hydrogens is 310 g/mol. The van der Waals surface area contributed by atoms with E-state index in [9.17, 15) is 4.79 Å². The summed E-state index contributed by atoms with van der Waals surface area (Å²) in [5.41, 5.74) is 0.517.